The molecule has 0 aliphatic heterocycles. The summed E-state index contributed by atoms with van der Waals surface area (Å²) in [6.45, 7) is 0. The Labute approximate surface area is 192 Å². The van der Waals surface area contributed by atoms with E-state index in [-0.39, 0.29) is 27.6 Å². The van der Waals surface area contributed by atoms with Crippen molar-refractivity contribution < 1.29 is 19.4 Å². The van der Waals surface area contributed by atoms with Crippen molar-refractivity contribution >= 4 is 35.1 Å². The van der Waals surface area contributed by atoms with Crippen LogP contribution in [-0.4, -0.2) is 44.9 Å². The molecule has 3 rings (SSSR count). The first kappa shape index (κ1) is 23.2. The summed E-state index contributed by atoms with van der Waals surface area (Å²) in [5.41, 5.74) is 1.16. The normalized spacial score (nSPS) is 11.6. The van der Waals surface area contributed by atoms with Crippen LogP contribution in [0.3, 0.4) is 0 Å². The smallest absolute Gasteiger partial charge is 0.326 e. The standard InChI is InChI=1S/C21H18Cl2N4O5/c1-27-20(29)17(16(32-2)10-25-27)12-5-3-11(4-6-12)7-15(21(30)31)26-19(28)18-13(22)8-24-9-14(18)23/h3-6,8-10,15H,7H2,1-2H3,(H,26,28)(H,30,31)/t15-/m0/s1. The summed E-state index contributed by atoms with van der Waals surface area (Å²) in [5, 5.41) is 16.0. The third-order valence-electron chi connectivity index (χ3n) is 4.69. The number of rotatable bonds is 7. The van der Waals surface area contributed by atoms with Crippen molar-refractivity contribution in [3.63, 3.8) is 0 Å². The summed E-state index contributed by atoms with van der Waals surface area (Å²) >= 11 is 11.9. The van der Waals surface area contributed by atoms with Crippen molar-refractivity contribution in [3.8, 4) is 16.9 Å². The van der Waals surface area contributed by atoms with E-state index < -0.39 is 17.9 Å². The van der Waals surface area contributed by atoms with E-state index in [1.165, 1.54) is 37.4 Å². The predicted octanol–water partition coefficient (Wildman–Crippen LogP) is 2.58. The van der Waals surface area contributed by atoms with Gasteiger partial charge in [0.25, 0.3) is 11.5 Å². The highest BCUT2D eigenvalue weighted by Crippen LogP contribution is 2.26. The number of carbonyl (C=O) groups is 2. The zero-order valence-electron chi connectivity index (χ0n) is 17.0. The number of aromatic nitrogens is 3. The quantitative estimate of drug-likeness (QED) is 0.536. The first-order valence-electron chi connectivity index (χ1n) is 9.25. The van der Waals surface area contributed by atoms with Gasteiger partial charge >= 0.3 is 5.97 Å². The third kappa shape index (κ3) is 4.90. The van der Waals surface area contributed by atoms with E-state index in [2.05, 4.69) is 15.4 Å². The van der Waals surface area contributed by atoms with Gasteiger partial charge in [-0.1, -0.05) is 47.5 Å². The lowest BCUT2D eigenvalue weighted by Crippen LogP contribution is -2.42. The minimum absolute atomic E-state index is 0.00678. The maximum absolute atomic E-state index is 12.5. The van der Waals surface area contributed by atoms with E-state index in [1.807, 2.05) is 0 Å². The lowest BCUT2D eigenvalue weighted by molar-refractivity contribution is -0.139. The molecule has 0 saturated heterocycles. The van der Waals surface area contributed by atoms with Crippen LogP contribution >= 0.6 is 23.2 Å². The van der Waals surface area contributed by atoms with E-state index in [1.54, 1.807) is 24.3 Å². The van der Waals surface area contributed by atoms with Crippen molar-refractivity contribution in [2.45, 2.75) is 12.5 Å². The number of methoxy groups -OCH3 is 1. The molecular formula is C21H18Cl2N4O5. The molecule has 1 aromatic carbocycles. The molecule has 32 heavy (non-hydrogen) atoms. The van der Waals surface area contributed by atoms with Gasteiger partial charge in [-0.2, -0.15) is 5.10 Å². The van der Waals surface area contributed by atoms with Gasteiger partial charge in [0, 0.05) is 25.9 Å². The second kappa shape index (κ2) is 9.80. The highest BCUT2D eigenvalue weighted by Gasteiger charge is 2.24. The van der Waals surface area contributed by atoms with Gasteiger partial charge in [0.2, 0.25) is 0 Å². The van der Waals surface area contributed by atoms with Crippen LogP contribution in [0.1, 0.15) is 15.9 Å². The van der Waals surface area contributed by atoms with Crippen molar-refractivity contribution in [2.75, 3.05) is 7.11 Å². The minimum Gasteiger partial charge on any atom is -0.494 e. The number of aryl methyl sites for hydroxylation is 1. The second-order valence-corrected chi connectivity index (χ2v) is 7.57. The van der Waals surface area contributed by atoms with Gasteiger partial charge in [-0.3, -0.25) is 14.6 Å². The zero-order chi connectivity index (χ0) is 23.4. The molecule has 0 saturated carbocycles. The maximum Gasteiger partial charge on any atom is 0.326 e. The van der Waals surface area contributed by atoms with E-state index >= 15 is 0 Å². The van der Waals surface area contributed by atoms with Gasteiger partial charge in [0.15, 0.2) is 5.75 Å². The molecule has 11 heteroatoms. The van der Waals surface area contributed by atoms with Gasteiger partial charge in [-0.15, -0.1) is 0 Å². The van der Waals surface area contributed by atoms with Crippen LogP contribution in [0.25, 0.3) is 11.1 Å². The van der Waals surface area contributed by atoms with E-state index in [9.17, 15) is 19.5 Å². The van der Waals surface area contributed by atoms with E-state index in [0.717, 1.165) is 0 Å². The Morgan fingerprint density at radius 3 is 2.34 bits per heavy atom. The number of pyridine rings is 1. The number of aliphatic carboxylic acids is 1. The fourth-order valence-corrected chi connectivity index (χ4v) is 3.58. The summed E-state index contributed by atoms with van der Waals surface area (Å²) in [6.07, 6.45) is 3.92. The van der Waals surface area contributed by atoms with Gasteiger partial charge in [0.05, 0.1) is 34.5 Å². The van der Waals surface area contributed by atoms with Crippen LogP contribution in [0.2, 0.25) is 10.0 Å². The fraction of sp³-hybridized carbons (Fsp3) is 0.190. The summed E-state index contributed by atoms with van der Waals surface area (Å²) in [7, 11) is 2.97. The number of hydrogen-bond donors (Lipinski definition) is 2. The van der Waals surface area contributed by atoms with Crippen molar-refractivity contribution in [1.82, 2.24) is 20.1 Å². The molecule has 0 aliphatic carbocycles. The average Bonchev–Trinajstić information content (AvgIpc) is 2.75. The largest absolute Gasteiger partial charge is 0.494 e. The molecular weight excluding hydrogens is 459 g/mol. The lowest BCUT2D eigenvalue weighted by Gasteiger charge is -2.16. The number of carbonyl (C=O) groups excluding carboxylic acids is 1. The maximum atomic E-state index is 12.5. The Kier molecular flexibility index (Phi) is 7.12. The summed E-state index contributed by atoms with van der Waals surface area (Å²) < 4.78 is 6.43. The SMILES string of the molecule is COc1cnn(C)c(=O)c1-c1ccc(C[C@H](NC(=O)c2c(Cl)cncc2Cl)C(=O)O)cc1. The minimum atomic E-state index is -1.24. The first-order valence-corrected chi connectivity index (χ1v) is 10.0. The van der Waals surface area contributed by atoms with Crippen molar-refractivity contribution in [3.05, 3.63) is 74.4 Å². The van der Waals surface area contributed by atoms with Crippen LogP contribution in [-0.2, 0) is 18.3 Å². The Morgan fingerprint density at radius 1 is 1.16 bits per heavy atom. The van der Waals surface area contributed by atoms with E-state index in [4.69, 9.17) is 27.9 Å². The van der Waals surface area contributed by atoms with Gasteiger partial charge in [0.1, 0.15) is 6.04 Å². The molecule has 9 nitrogen and oxygen atoms in total. The molecule has 2 N–H and O–H groups in total. The molecule has 0 unspecified atom stereocenters. The third-order valence-corrected chi connectivity index (χ3v) is 5.26. The van der Waals surface area contributed by atoms with E-state index in [0.29, 0.717) is 22.4 Å². The Morgan fingerprint density at radius 2 is 1.78 bits per heavy atom. The second-order valence-electron chi connectivity index (χ2n) is 6.76. The molecule has 3 aromatic rings. The fourth-order valence-electron chi connectivity index (χ4n) is 3.05. The predicted molar refractivity (Wildman–Crippen MR) is 118 cm³/mol. The number of halogens is 2. The highest BCUT2D eigenvalue weighted by molar-refractivity contribution is 6.39. The van der Waals surface area contributed by atoms with Crippen molar-refractivity contribution in [1.29, 1.82) is 0 Å². The Hall–Kier alpha value is -3.43. The summed E-state index contributed by atoms with van der Waals surface area (Å²) in [4.78, 5) is 40.5. The molecule has 0 fully saturated rings. The number of amides is 1. The van der Waals surface area contributed by atoms with Crippen LogP contribution in [0.4, 0.5) is 0 Å². The molecule has 2 heterocycles. The highest BCUT2D eigenvalue weighted by atomic mass is 35.5. The zero-order valence-corrected chi connectivity index (χ0v) is 18.5. The summed E-state index contributed by atoms with van der Waals surface area (Å²) in [5.74, 6) is -1.63. The average molecular weight is 477 g/mol. The Balaban J connectivity index is 1.83. The molecule has 0 radical (unpaired) electrons. The number of ether oxygens (including phenoxy) is 1. The lowest BCUT2D eigenvalue weighted by atomic mass is 10.0. The number of benzene rings is 1. The topological polar surface area (TPSA) is 123 Å². The number of nitrogens with one attached hydrogen (secondary N) is 1. The van der Waals surface area contributed by atoms with Gasteiger partial charge < -0.3 is 15.2 Å². The first-order chi connectivity index (χ1) is 15.2. The molecule has 1 amide bonds. The number of nitrogens with zero attached hydrogens (tertiary/aromatic N) is 3. The molecule has 0 spiro atoms. The number of carboxylic acids is 1. The van der Waals surface area contributed by atoms with Gasteiger partial charge in [-0.05, 0) is 11.1 Å². The van der Waals surface area contributed by atoms with Crippen LogP contribution < -0.4 is 15.6 Å². The molecule has 0 aliphatic rings. The van der Waals surface area contributed by atoms with Crippen LogP contribution in [0.5, 0.6) is 5.75 Å². The monoisotopic (exact) mass is 476 g/mol. The Bertz CT molecular complexity index is 1210. The number of carboxylic acid groups (broad SMARTS) is 1. The molecule has 1 atom stereocenters. The summed E-state index contributed by atoms with van der Waals surface area (Å²) in [6, 6.07) is 5.45. The molecule has 166 valence electrons. The van der Waals surface area contributed by atoms with Crippen LogP contribution in [0.15, 0.2) is 47.7 Å². The number of hydrogen-bond acceptors (Lipinski definition) is 6. The van der Waals surface area contributed by atoms with Crippen molar-refractivity contribution in [2.24, 2.45) is 7.05 Å². The van der Waals surface area contributed by atoms with Gasteiger partial charge in [-0.25, -0.2) is 9.48 Å². The van der Waals surface area contributed by atoms with Crippen LogP contribution in [0, 0.1) is 0 Å². The molecule has 2 aromatic heterocycles. The molecule has 0 bridgehead atoms.